The summed E-state index contributed by atoms with van der Waals surface area (Å²) in [6.07, 6.45) is 6.25. The lowest BCUT2D eigenvalue weighted by atomic mass is 10.2. The van der Waals surface area contributed by atoms with Crippen molar-refractivity contribution in [2.24, 2.45) is 0 Å². The van der Waals surface area contributed by atoms with E-state index in [1.807, 2.05) is 6.07 Å². The smallest absolute Gasteiger partial charge is 0.263 e. The van der Waals surface area contributed by atoms with Gasteiger partial charge >= 0.3 is 0 Å². The van der Waals surface area contributed by atoms with E-state index < -0.39 is 0 Å². The van der Waals surface area contributed by atoms with Crippen LogP contribution in [-0.4, -0.2) is 56.2 Å². The topological polar surface area (TPSA) is 77.4 Å². The second-order valence-corrected chi connectivity index (χ2v) is 5.53. The van der Waals surface area contributed by atoms with Gasteiger partial charge < -0.3 is 15.4 Å². The number of nitriles is 1. The minimum absolute atomic E-state index is 0.156. The van der Waals surface area contributed by atoms with E-state index in [-0.39, 0.29) is 11.5 Å². The van der Waals surface area contributed by atoms with E-state index in [9.17, 15) is 4.79 Å². The number of nitrogens with zero attached hydrogens (tertiary/aromatic N) is 2. The summed E-state index contributed by atoms with van der Waals surface area (Å²) in [6, 6.07) is 2.38. The van der Waals surface area contributed by atoms with Crippen molar-refractivity contribution in [3.8, 4) is 6.07 Å². The lowest BCUT2D eigenvalue weighted by Gasteiger charge is -2.26. The largest absolute Gasteiger partial charge is 0.387 e. The van der Waals surface area contributed by atoms with Gasteiger partial charge in [-0.25, -0.2) is 0 Å². The lowest BCUT2D eigenvalue weighted by Crippen LogP contribution is -2.41. The molecule has 1 saturated heterocycles. The number of nitrogens with one attached hydrogen (secondary N) is 2. The third-order valence-corrected chi connectivity index (χ3v) is 4.00. The average molecular weight is 292 g/mol. The minimum atomic E-state index is -0.295. The second-order valence-electron chi connectivity index (χ2n) is 5.53. The summed E-state index contributed by atoms with van der Waals surface area (Å²) in [5.74, 6) is -0.295. The molecule has 21 heavy (non-hydrogen) atoms. The van der Waals surface area contributed by atoms with Crippen molar-refractivity contribution in [2.75, 3.05) is 39.4 Å². The normalized spacial score (nSPS) is 21.0. The molecule has 0 bridgehead atoms. The van der Waals surface area contributed by atoms with Crippen LogP contribution in [0.5, 0.6) is 0 Å². The van der Waals surface area contributed by atoms with Gasteiger partial charge in [0.05, 0.1) is 13.2 Å². The fraction of sp³-hybridized carbons (Fsp3) is 0.733. The van der Waals surface area contributed by atoms with Crippen molar-refractivity contribution in [1.82, 2.24) is 15.5 Å². The molecule has 0 aromatic rings. The molecule has 6 heteroatoms. The van der Waals surface area contributed by atoms with Crippen LogP contribution in [-0.2, 0) is 9.53 Å². The van der Waals surface area contributed by atoms with E-state index in [0.29, 0.717) is 12.6 Å². The van der Waals surface area contributed by atoms with Gasteiger partial charge in [0.1, 0.15) is 11.6 Å². The second kappa shape index (κ2) is 8.65. The van der Waals surface area contributed by atoms with Crippen LogP contribution in [0.2, 0.25) is 0 Å². The fourth-order valence-electron chi connectivity index (χ4n) is 2.69. The van der Waals surface area contributed by atoms with Crippen LogP contribution in [0.1, 0.15) is 25.7 Å². The number of carbonyl (C=O) groups excluding carboxylic acids is 1. The van der Waals surface area contributed by atoms with Gasteiger partial charge in [0.2, 0.25) is 0 Å². The third-order valence-electron chi connectivity index (χ3n) is 4.00. The standard InChI is InChI=1S/C15H24N4O2/c16-11-13(12-18-14-3-1-2-4-14)15(20)17-5-6-19-7-9-21-10-8-19/h12,14,18H,1-10H2,(H,17,20)/b13-12-. The summed E-state index contributed by atoms with van der Waals surface area (Å²) < 4.78 is 5.27. The van der Waals surface area contributed by atoms with Crippen LogP contribution in [0.15, 0.2) is 11.8 Å². The van der Waals surface area contributed by atoms with E-state index in [1.54, 1.807) is 6.20 Å². The first-order chi connectivity index (χ1) is 10.3. The zero-order valence-corrected chi connectivity index (χ0v) is 12.4. The van der Waals surface area contributed by atoms with Gasteiger partial charge in [0.15, 0.2) is 0 Å². The van der Waals surface area contributed by atoms with Crippen LogP contribution in [0.4, 0.5) is 0 Å². The van der Waals surface area contributed by atoms with E-state index in [4.69, 9.17) is 10.00 Å². The monoisotopic (exact) mass is 292 g/mol. The van der Waals surface area contributed by atoms with Crippen LogP contribution in [0.3, 0.4) is 0 Å². The number of ether oxygens (including phenoxy) is 1. The highest BCUT2D eigenvalue weighted by Crippen LogP contribution is 2.17. The Morgan fingerprint density at radius 3 is 2.71 bits per heavy atom. The summed E-state index contributed by atoms with van der Waals surface area (Å²) in [6.45, 7) is 4.66. The predicted octanol–water partition coefficient (Wildman–Crippen LogP) is 0.374. The number of hydrogen-bond donors (Lipinski definition) is 2. The number of carbonyl (C=O) groups is 1. The quantitative estimate of drug-likeness (QED) is 0.546. The predicted molar refractivity (Wildman–Crippen MR) is 79.4 cm³/mol. The zero-order valence-electron chi connectivity index (χ0n) is 12.4. The first-order valence-corrected chi connectivity index (χ1v) is 7.74. The molecular formula is C15H24N4O2. The Kier molecular flexibility index (Phi) is 6.51. The van der Waals surface area contributed by atoms with Gasteiger partial charge in [0.25, 0.3) is 5.91 Å². The Bertz CT molecular complexity index is 404. The Labute approximate surface area is 126 Å². The molecule has 0 aromatic heterocycles. The fourth-order valence-corrected chi connectivity index (χ4v) is 2.69. The molecule has 1 aliphatic carbocycles. The van der Waals surface area contributed by atoms with E-state index in [0.717, 1.165) is 45.7 Å². The van der Waals surface area contributed by atoms with E-state index >= 15 is 0 Å². The minimum Gasteiger partial charge on any atom is -0.387 e. The summed E-state index contributed by atoms with van der Waals surface area (Å²) in [5.41, 5.74) is 0.156. The molecule has 2 aliphatic rings. The Balaban J connectivity index is 1.69. The Morgan fingerprint density at radius 1 is 1.33 bits per heavy atom. The molecule has 0 atom stereocenters. The van der Waals surface area contributed by atoms with Crippen molar-refractivity contribution in [3.05, 3.63) is 11.8 Å². The summed E-state index contributed by atoms with van der Waals surface area (Å²) in [4.78, 5) is 14.2. The molecule has 6 nitrogen and oxygen atoms in total. The molecule has 116 valence electrons. The number of amides is 1. The summed E-state index contributed by atoms with van der Waals surface area (Å²) >= 11 is 0. The van der Waals surface area contributed by atoms with Crippen molar-refractivity contribution in [3.63, 3.8) is 0 Å². The molecule has 2 N–H and O–H groups in total. The maximum atomic E-state index is 11.9. The molecule has 0 radical (unpaired) electrons. The molecule has 1 saturated carbocycles. The first-order valence-electron chi connectivity index (χ1n) is 7.74. The Morgan fingerprint density at radius 2 is 2.05 bits per heavy atom. The maximum Gasteiger partial charge on any atom is 0.263 e. The van der Waals surface area contributed by atoms with E-state index in [2.05, 4.69) is 15.5 Å². The summed E-state index contributed by atoms with van der Waals surface area (Å²) in [5, 5.41) is 15.1. The van der Waals surface area contributed by atoms with Gasteiger partial charge in [-0.3, -0.25) is 9.69 Å². The van der Waals surface area contributed by atoms with Gasteiger partial charge in [-0.05, 0) is 12.8 Å². The molecule has 1 amide bonds. The van der Waals surface area contributed by atoms with Gasteiger partial charge in [-0.15, -0.1) is 0 Å². The summed E-state index contributed by atoms with van der Waals surface area (Å²) in [7, 11) is 0. The maximum absolute atomic E-state index is 11.9. The average Bonchev–Trinajstić information content (AvgIpc) is 3.02. The van der Waals surface area contributed by atoms with Gasteiger partial charge in [-0.2, -0.15) is 5.26 Å². The number of rotatable bonds is 6. The first kappa shape index (κ1) is 15.8. The molecular weight excluding hydrogens is 268 g/mol. The molecule has 1 aliphatic heterocycles. The van der Waals surface area contributed by atoms with E-state index in [1.165, 1.54) is 12.8 Å². The van der Waals surface area contributed by atoms with Crippen molar-refractivity contribution >= 4 is 5.91 Å². The molecule has 0 aromatic carbocycles. The molecule has 0 unspecified atom stereocenters. The molecule has 0 spiro atoms. The van der Waals surface area contributed by atoms with Crippen LogP contribution in [0, 0.1) is 11.3 Å². The zero-order chi connectivity index (χ0) is 14.9. The SMILES string of the molecule is N#C/C(=C/NC1CCCC1)C(=O)NCCN1CCOCC1. The highest BCUT2D eigenvalue weighted by molar-refractivity contribution is 5.97. The number of morpholine rings is 1. The van der Waals surface area contributed by atoms with Crippen molar-refractivity contribution in [2.45, 2.75) is 31.7 Å². The molecule has 2 rings (SSSR count). The molecule has 2 fully saturated rings. The third kappa shape index (κ3) is 5.37. The highest BCUT2D eigenvalue weighted by atomic mass is 16.5. The van der Waals surface area contributed by atoms with Crippen LogP contribution < -0.4 is 10.6 Å². The van der Waals surface area contributed by atoms with Gasteiger partial charge in [-0.1, -0.05) is 12.8 Å². The molecule has 1 heterocycles. The van der Waals surface area contributed by atoms with Gasteiger partial charge in [0, 0.05) is 38.4 Å². The number of hydrogen-bond acceptors (Lipinski definition) is 5. The van der Waals surface area contributed by atoms with Crippen molar-refractivity contribution in [1.29, 1.82) is 5.26 Å². The van der Waals surface area contributed by atoms with Crippen LogP contribution >= 0.6 is 0 Å². The van der Waals surface area contributed by atoms with Crippen LogP contribution in [0.25, 0.3) is 0 Å². The highest BCUT2D eigenvalue weighted by Gasteiger charge is 2.15. The van der Waals surface area contributed by atoms with Crippen molar-refractivity contribution < 1.29 is 9.53 Å². The lowest BCUT2D eigenvalue weighted by molar-refractivity contribution is -0.117. The Hall–Kier alpha value is -1.58.